The Morgan fingerprint density at radius 1 is 0.846 bits per heavy atom. The first-order valence-corrected chi connectivity index (χ1v) is 8.87. The highest BCUT2D eigenvalue weighted by Gasteiger charge is 2.07. The molecule has 4 nitrogen and oxygen atoms in total. The number of pyridine rings is 1. The van der Waals surface area contributed by atoms with Crippen molar-refractivity contribution in [2.75, 3.05) is 17.2 Å². The Bertz CT molecular complexity index is 988. The Kier molecular flexibility index (Phi) is 4.56. The Morgan fingerprint density at radius 3 is 2.35 bits per heavy atom. The molecule has 0 bridgehead atoms. The van der Waals surface area contributed by atoms with Gasteiger partial charge >= 0.3 is 0 Å². The minimum atomic E-state index is 0.903. The Morgan fingerprint density at radius 2 is 1.54 bits per heavy atom. The summed E-state index contributed by atoms with van der Waals surface area (Å²) in [7, 11) is 0. The number of fused-ring (bicyclic) bond motifs is 1. The lowest BCUT2D eigenvalue weighted by Gasteiger charge is -2.09. The second kappa shape index (κ2) is 7.31. The highest BCUT2D eigenvalue weighted by Crippen LogP contribution is 2.23. The summed E-state index contributed by atoms with van der Waals surface area (Å²) in [6, 6.07) is 20.8. The number of para-hydroxylation sites is 1. The highest BCUT2D eigenvalue weighted by molar-refractivity contribution is 5.84. The summed E-state index contributed by atoms with van der Waals surface area (Å²) >= 11 is 0. The number of benzene rings is 2. The molecule has 0 saturated carbocycles. The number of hydrogen-bond donors (Lipinski definition) is 3. The fourth-order valence-electron chi connectivity index (χ4n) is 3.26. The van der Waals surface area contributed by atoms with Gasteiger partial charge in [0.25, 0.3) is 0 Å². The minimum Gasteiger partial charge on any atom is -0.385 e. The molecule has 0 saturated heterocycles. The van der Waals surface area contributed by atoms with E-state index in [2.05, 4.69) is 76.1 Å². The number of nitrogens with zero attached hydrogens (tertiary/aromatic N) is 1. The Hall–Kier alpha value is -3.27. The second-order valence-corrected chi connectivity index (χ2v) is 6.39. The standard InChI is InChI=1S/C22H22N4/c1-16-20(21-4-2-3-5-22(21)25-16)12-15-24-17-6-8-18(9-7-17)26-19-10-13-23-14-11-19/h2-11,13-14,24-25H,12,15H2,1H3,(H,23,26). The van der Waals surface area contributed by atoms with Gasteiger partial charge in [-0.3, -0.25) is 4.98 Å². The fraction of sp³-hybridized carbons (Fsp3) is 0.136. The van der Waals surface area contributed by atoms with Gasteiger partial charge in [-0.1, -0.05) is 18.2 Å². The predicted octanol–water partition coefficient (Wildman–Crippen LogP) is 5.27. The third-order valence-electron chi connectivity index (χ3n) is 4.59. The molecule has 4 rings (SSSR count). The maximum atomic E-state index is 4.03. The molecule has 0 aliphatic heterocycles. The van der Waals surface area contributed by atoms with Crippen molar-refractivity contribution in [1.29, 1.82) is 0 Å². The summed E-state index contributed by atoms with van der Waals surface area (Å²) < 4.78 is 0. The van der Waals surface area contributed by atoms with Crippen LogP contribution in [0.25, 0.3) is 10.9 Å². The molecule has 130 valence electrons. The van der Waals surface area contributed by atoms with Crippen molar-refractivity contribution in [2.24, 2.45) is 0 Å². The third kappa shape index (κ3) is 3.54. The van der Waals surface area contributed by atoms with Crippen LogP contribution in [0, 0.1) is 6.92 Å². The van der Waals surface area contributed by atoms with E-state index in [9.17, 15) is 0 Å². The zero-order chi connectivity index (χ0) is 17.8. The van der Waals surface area contributed by atoms with E-state index in [1.165, 1.54) is 22.2 Å². The maximum absolute atomic E-state index is 4.03. The molecule has 26 heavy (non-hydrogen) atoms. The number of anilines is 3. The predicted molar refractivity (Wildman–Crippen MR) is 109 cm³/mol. The molecule has 0 aliphatic carbocycles. The van der Waals surface area contributed by atoms with E-state index in [0.717, 1.165) is 30.0 Å². The molecular formula is C22H22N4. The fourth-order valence-corrected chi connectivity index (χ4v) is 3.26. The zero-order valence-corrected chi connectivity index (χ0v) is 14.8. The van der Waals surface area contributed by atoms with Gasteiger partial charge < -0.3 is 15.6 Å². The van der Waals surface area contributed by atoms with Crippen molar-refractivity contribution in [2.45, 2.75) is 13.3 Å². The third-order valence-corrected chi connectivity index (χ3v) is 4.59. The summed E-state index contributed by atoms with van der Waals surface area (Å²) in [6.45, 7) is 3.05. The second-order valence-electron chi connectivity index (χ2n) is 6.39. The van der Waals surface area contributed by atoms with Gasteiger partial charge in [-0.2, -0.15) is 0 Å². The number of hydrogen-bond acceptors (Lipinski definition) is 3. The lowest BCUT2D eigenvalue weighted by molar-refractivity contribution is 1.01. The van der Waals surface area contributed by atoms with Gasteiger partial charge in [0, 0.05) is 52.6 Å². The van der Waals surface area contributed by atoms with Gasteiger partial charge in [-0.15, -0.1) is 0 Å². The SMILES string of the molecule is Cc1[nH]c2ccccc2c1CCNc1ccc(Nc2ccncc2)cc1. The topological polar surface area (TPSA) is 52.7 Å². The van der Waals surface area contributed by atoms with E-state index >= 15 is 0 Å². The first kappa shape index (κ1) is 16.2. The van der Waals surface area contributed by atoms with Crippen LogP contribution in [0.1, 0.15) is 11.3 Å². The van der Waals surface area contributed by atoms with Crippen molar-refractivity contribution in [3.05, 3.63) is 84.3 Å². The molecule has 0 atom stereocenters. The van der Waals surface area contributed by atoms with Crippen LogP contribution in [0.15, 0.2) is 73.1 Å². The number of H-pyrrole nitrogens is 1. The Labute approximate surface area is 153 Å². The van der Waals surface area contributed by atoms with Crippen molar-refractivity contribution in [3.8, 4) is 0 Å². The van der Waals surface area contributed by atoms with Crippen molar-refractivity contribution >= 4 is 28.0 Å². The van der Waals surface area contributed by atoms with Gasteiger partial charge in [0.2, 0.25) is 0 Å². The van der Waals surface area contributed by atoms with Crippen LogP contribution in [-0.2, 0) is 6.42 Å². The quantitative estimate of drug-likeness (QED) is 0.447. The lowest BCUT2D eigenvalue weighted by atomic mass is 10.1. The molecular weight excluding hydrogens is 320 g/mol. The van der Waals surface area contributed by atoms with Gasteiger partial charge in [0.15, 0.2) is 0 Å². The van der Waals surface area contributed by atoms with Crippen LogP contribution >= 0.6 is 0 Å². The molecule has 4 heteroatoms. The van der Waals surface area contributed by atoms with E-state index in [4.69, 9.17) is 0 Å². The molecule has 0 spiro atoms. The first-order valence-electron chi connectivity index (χ1n) is 8.87. The van der Waals surface area contributed by atoms with Crippen LogP contribution < -0.4 is 10.6 Å². The van der Waals surface area contributed by atoms with Crippen molar-refractivity contribution in [3.63, 3.8) is 0 Å². The van der Waals surface area contributed by atoms with Crippen LogP contribution in [0.5, 0.6) is 0 Å². The zero-order valence-electron chi connectivity index (χ0n) is 14.8. The van der Waals surface area contributed by atoms with Crippen LogP contribution in [0.2, 0.25) is 0 Å². The normalized spacial score (nSPS) is 10.8. The molecule has 0 fully saturated rings. The molecule has 2 aromatic carbocycles. The number of rotatable bonds is 6. The first-order chi connectivity index (χ1) is 12.8. The number of nitrogens with one attached hydrogen (secondary N) is 3. The molecule has 2 heterocycles. The summed E-state index contributed by atoms with van der Waals surface area (Å²) in [6.07, 6.45) is 4.56. The molecule has 0 unspecified atom stereocenters. The number of aromatic amines is 1. The maximum Gasteiger partial charge on any atom is 0.0458 e. The van der Waals surface area contributed by atoms with E-state index < -0.39 is 0 Å². The van der Waals surface area contributed by atoms with Gasteiger partial charge in [-0.25, -0.2) is 0 Å². The minimum absolute atomic E-state index is 0.903. The van der Waals surface area contributed by atoms with Gasteiger partial charge in [-0.05, 0) is 61.4 Å². The van der Waals surface area contributed by atoms with Gasteiger partial charge in [0.05, 0.1) is 0 Å². The van der Waals surface area contributed by atoms with Crippen LogP contribution in [0.3, 0.4) is 0 Å². The molecule has 0 radical (unpaired) electrons. The highest BCUT2D eigenvalue weighted by atomic mass is 14.9. The summed E-state index contributed by atoms with van der Waals surface area (Å²) in [5, 5.41) is 8.20. The summed E-state index contributed by atoms with van der Waals surface area (Å²) in [5.74, 6) is 0. The molecule has 2 aromatic heterocycles. The van der Waals surface area contributed by atoms with Gasteiger partial charge in [0.1, 0.15) is 0 Å². The average molecular weight is 342 g/mol. The van der Waals surface area contributed by atoms with Crippen LogP contribution in [-0.4, -0.2) is 16.5 Å². The molecule has 0 aliphatic rings. The van der Waals surface area contributed by atoms with Crippen molar-refractivity contribution in [1.82, 2.24) is 9.97 Å². The molecule has 3 N–H and O–H groups in total. The van der Waals surface area contributed by atoms with E-state index in [0.29, 0.717) is 0 Å². The molecule has 4 aromatic rings. The Balaban J connectivity index is 1.37. The number of aryl methyl sites for hydroxylation is 1. The van der Waals surface area contributed by atoms with Crippen LogP contribution in [0.4, 0.5) is 17.1 Å². The van der Waals surface area contributed by atoms with Crippen molar-refractivity contribution < 1.29 is 0 Å². The monoisotopic (exact) mass is 342 g/mol. The van der Waals surface area contributed by atoms with E-state index in [1.807, 2.05) is 12.1 Å². The largest absolute Gasteiger partial charge is 0.385 e. The van der Waals surface area contributed by atoms with E-state index in [1.54, 1.807) is 12.4 Å². The number of aromatic nitrogens is 2. The molecule has 0 amide bonds. The van der Waals surface area contributed by atoms with E-state index in [-0.39, 0.29) is 0 Å². The lowest BCUT2D eigenvalue weighted by Crippen LogP contribution is -2.05. The summed E-state index contributed by atoms with van der Waals surface area (Å²) in [5.41, 5.74) is 7.09. The average Bonchev–Trinajstić information content (AvgIpc) is 2.99. The summed E-state index contributed by atoms with van der Waals surface area (Å²) in [4.78, 5) is 7.49. The smallest absolute Gasteiger partial charge is 0.0458 e.